The summed E-state index contributed by atoms with van der Waals surface area (Å²) in [6, 6.07) is 6.45. The highest BCUT2D eigenvalue weighted by atomic mass is 35.5. The molecule has 2 aromatic heterocycles. The molecule has 0 unspecified atom stereocenters. The van der Waals surface area contributed by atoms with Gasteiger partial charge < -0.3 is 14.0 Å². The zero-order valence-corrected chi connectivity index (χ0v) is 17.9. The van der Waals surface area contributed by atoms with E-state index in [0.717, 1.165) is 11.3 Å². The van der Waals surface area contributed by atoms with E-state index in [0.29, 0.717) is 27.2 Å². The number of carbonyl (C=O) groups excluding carboxylic acids is 1. The van der Waals surface area contributed by atoms with Crippen LogP contribution < -0.4 is 4.72 Å². The maximum atomic E-state index is 12.9. The van der Waals surface area contributed by atoms with Crippen molar-refractivity contribution in [3.8, 4) is 0 Å². The topological polar surface area (TPSA) is 86.6 Å². The van der Waals surface area contributed by atoms with Gasteiger partial charge in [0.2, 0.25) is 0 Å². The van der Waals surface area contributed by atoms with Gasteiger partial charge in [-0.1, -0.05) is 11.6 Å². The largest absolute Gasteiger partial charge is 0.461 e. The number of thiophene rings is 1. The maximum Gasteiger partial charge on any atom is 0.355 e. The number of esters is 1. The lowest BCUT2D eigenvalue weighted by Gasteiger charge is -2.14. The number of carbonyl (C=O) groups is 1. The number of rotatable bonds is 7. The molecular weight excluding hydrogens is 424 g/mol. The molecule has 1 aromatic carbocycles. The van der Waals surface area contributed by atoms with Gasteiger partial charge in [-0.3, -0.25) is 4.72 Å². The van der Waals surface area contributed by atoms with Crippen LogP contribution in [0.1, 0.15) is 23.0 Å². The lowest BCUT2D eigenvalue weighted by molar-refractivity contribution is 0.0496. The number of aromatic nitrogens is 1. The van der Waals surface area contributed by atoms with Crippen LogP contribution in [0.25, 0.3) is 10.9 Å². The van der Waals surface area contributed by atoms with Crippen molar-refractivity contribution in [3.05, 3.63) is 45.9 Å². The Morgan fingerprint density at radius 3 is 2.68 bits per heavy atom. The number of sulfonamides is 1. The minimum atomic E-state index is -3.80. The van der Waals surface area contributed by atoms with Crippen LogP contribution >= 0.6 is 22.9 Å². The normalized spacial score (nSPS) is 11.7. The standard InChI is InChI=1S/C18H19ClN2O5S2/c1-4-26-17(22)15-9-12-13(19)5-6-14(16(12)21(15)10-25-3)20-28(23,24)18-11(2)7-8-27-18/h5-9,20H,4,10H2,1-3H3. The predicted molar refractivity (Wildman–Crippen MR) is 110 cm³/mol. The molecule has 0 saturated heterocycles. The SMILES string of the molecule is CCOC(=O)c1cc2c(Cl)ccc(NS(=O)(=O)c3sccc3C)c2n1COC. The van der Waals surface area contributed by atoms with Gasteiger partial charge in [0.05, 0.1) is 22.8 Å². The number of anilines is 1. The van der Waals surface area contributed by atoms with Gasteiger partial charge >= 0.3 is 5.97 Å². The molecule has 0 aliphatic heterocycles. The first-order valence-electron chi connectivity index (χ1n) is 8.34. The third kappa shape index (κ3) is 3.75. The molecule has 10 heteroatoms. The van der Waals surface area contributed by atoms with Crippen LogP contribution in [0.4, 0.5) is 5.69 Å². The summed E-state index contributed by atoms with van der Waals surface area (Å²) in [6.45, 7) is 3.66. The molecular formula is C18H19ClN2O5S2. The molecule has 0 aliphatic rings. The van der Waals surface area contributed by atoms with Crippen molar-refractivity contribution >= 4 is 55.5 Å². The van der Waals surface area contributed by atoms with Crippen molar-refractivity contribution < 1.29 is 22.7 Å². The zero-order chi connectivity index (χ0) is 20.5. The number of halogens is 1. The number of nitrogens with zero attached hydrogens (tertiary/aromatic N) is 1. The first kappa shape index (κ1) is 20.7. The fourth-order valence-electron chi connectivity index (χ4n) is 2.89. The molecule has 7 nitrogen and oxygen atoms in total. The van der Waals surface area contributed by atoms with Gasteiger partial charge in [0.25, 0.3) is 10.0 Å². The molecule has 28 heavy (non-hydrogen) atoms. The van der Waals surface area contributed by atoms with Crippen molar-refractivity contribution in [1.29, 1.82) is 0 Å². The van der Waals surface area contributed by atoms with Gasteiger partial charge in [-0.05, 0) is 49.1 Å². The van der Waals surface area contributed by atoms with E-state index in [1.54, 1.807) is 48.1 Å². The third-order valence-corrected chi connectivity index (χ3v) is 7.44. The molecule has 0 radical (unpaired) electrons. The minimum absolute atomic E-state index is 0.0186. The van der Waals surface area contributed by atoms with Gasteiger partial charge in [0, 0.05) is 12.5 Å². The third-order valence-electron chi connectivity index (χ3n) is 4.05. The Morgan fingerprint density at radius 1 is 1.32 bits per heavy atom. The molecule has 2 heterocycles. The molecule has 0 spiro atoms. The van der Waals surface area contributed by atoms with Crippen LogP contribution in [0.3, 0.4) is 0 Å². The summed E-state index contributed by atoms with van der Waals surface area (Å²) >= 11 is 7.44. The Bertz CT molecular complexity index is 1130. The number of benzene rings is 1. The van der Waals surface area contributed by atoms with Crippen molar-refractivity contribution in [2.75, 3.05) is 18.4 Å². The average molecular weight is 443 g/mol. The molecule has 150 valence electrons. The van der Waals surface area contributed by atoms with E-state index in [2.05, 4.69) is 4.72 Å². The van der Waals surface area contributed by atoms with Crippen molar-refractivity contribution in [2.45, 2.75) is 24.8 Å². The summed E-state index contributed by atoms with van der Waals surface area (Å²) in [5.41, 5.74) is 1.61. The Labute approximate surface area is 171 Å². The van der Waals surface area contributed by atoms with E-state index in [4.69, 9.17) is 21.1 Å². The number of nitrogens with one attached hydrogen (secondary N) is 1. The second-order valence-corrected chi connectivity index (χ2v) is 9.15. The lowest BCUT2D eigenvalue weighted by atomic mass is 10.2. The van der Waals surface area contributed by atoms with E-state index in [1.165, 1.54) is 7.11 Å². The second-order valence-electron chi connectivity index (χ2n) is 5.95. The summed E-state index contributed by atoms with van der Waals surface area (Å²) in [5, 5.41) is 2.61. The molecule has 0 amide bonds. The van der Waals surface area contributed by atoms with Gasteiger partial charge in [0.15, 0.2) is 0 Å². The smallest absolute Gasteiger partial charge is 0.355 e. The van der Waals surface area contributed by atoms with Crippen LogP contribution in [-0.4, -0.2) is 32.7 Å². The average Bonchev–Trinajstić information content (AvgIpc) is 3.23. The van der Waals surface area contributed by atoms with Crippen LogP contribution in [0.2, 0.25) is 5.02 Å². The summed E-state index contributed by atoms with van der Waals surface area (Å²) in [4.78, 5) is 12.4. The van der Waals surface area contributed by atoms with Gasteiger partial charge in [-0.25, -0.2) is 13.2 Å². The predicted octanol–water partition coefficient (Wildman–Crippen LogP) is 4.25. The Kier molecular flexibility index (Phi) is 5.99. The molecule has 1 N–H and O–H groups in total. The molecule has 0 fully saturated rings. The highest BCUT2D eigenvalue weighted by Gasteiger charge is 2.24. The van der Waals surface area contributed by atoms with Crippen LogP contribution in [0.5, 0.6) is 0 Å². The van der Waals surface area contributed by atoms with E-state index < -0.39 is 16.0 Å². The van der Waals surface area contributed by atoms with Crippen LogP contribution in [-0.2, 0) is 26.2 Å². The van der Waals surface area contributed by atoms with Gasteiger partial charge in [-0.15, -0.1) is 11.3 Å². The molecule has 3 rings (SSSR count). The number of aryl methyl sites for hydroxylation is 1. The monoisotopic (exact) mass is 442 g/mol. The van der Waals surface area contributed by atoms with Crippen molar-refractivity contribution in [3.63, 3.8) is 0 Å². The number of hydrogen-bond acceptors (Lipinski definition) is 6. The van der Waals surface area contributed by atoms with E-state index in [1.807, 2.05) is 0 Å². The fourth-order valence-corrected chi connectivity index (χ4v) is 5.59. The van der Waals surface area contributed by atoms with E-state index >= 15 is 0 Å². The molecule has 0 bridgehead atoms. The molecule has 0 atom stereocenters. The maximum absolute atomic E-state index is 12.9. The number of ether oxygens (including phenoxy) is 2. The van der Waals surface area contributed by atoms with Crippen LogP contribution in [0.15, 0.2) is 33.9 Å². The fraction of sp³-hybridized carbons (Fsp3) is 0.278. The summed E-state index contributed by atoms with van der Waals surface area (Å²) in [6.07, 6.45) is 0. The number of fused-ring (bicyclic) bond motifs is 1. The first-order valence-corrected chi connectivity index (χ1v) is 11.1. The quantitative estimate of drug-likeness (QED) is 0.553. The lowest BCUT2D eigenvalue weighted by Crippen LogP contribution is -2.16. The second kappa shape index (κ2) is 8.12. The Balaban J connectivity index is 2.19. The summed E-state index contributed by atoms with van der Waals surface area (Å²) in [5.74, 6) is -0.547. The van der Waals surface area contributed by atoms with Crippen LogP contribution in [0, 0.1) is 6.92 Å². The molecule has 3 aromatic rings. The number of methoxy groups -OCH3 is 1. The highest BCUT2D eigenvalue weighted by molar-refractivity contribution is 7.94. The Hall–Kier alpha value is -2.07. The van der Waals surface area contributed by atoms with E-state index in [-0.39, 0.29) is 23.2 Å². The van der Waals surface area contributed by atoms with Gasteiger partial charge in [0.1, 0.15) is 16.6 Å². The van der Waals surface area contributed by atoms with Gasteiger partial charge in [-0.2, -0.15) is 0 Å². The summed E-state index contributed by atoms with van der Waals surface area (Å²) in [7, 11) is -2.33. The zero-order valence-electron chi connectivity index (χ0n) is 15.5. The van der Waals surface area contributed by atoms with Crippen molar-refractivity contribution in [2.24, 2.45) is 0 Å². The first-order chi connectivity index (χ1) is 13.3. The molecule has 0 saturated carbocycles. The highest BCUT2D eigenvalue weighted by Crippen LogP contribution is 2.35. The van der Waals surface area contributed by atoms with E-state index in [9.17, 15) is 13.2 Å². The minimum Gasteiger partial charge on any atom is -0.461 e. The number of hydrogen-bond donors (Lipinski definition) is 1. The molecule has 0 aliphatic carbocycles. The Morgan fingerprint density at radius 2 is 2.07 bits per heavy atom. The van der Waals surface area contributed by atoms with Crippen molar-refractivity contribution in [1.82, 2.24) is 4.57 Å². The summed E-state index contributed by atoms with van der Waals surface area (Å²) < 4.78 is 40.4.